The number of likely N-dealkylation sites (N-methyl/N-ethyl adjacent to an activating group) is 1. The third-order valence-corrected chi connectivity index (χ3v) is 5.06. The molecule has 0 amide bonds. The fraction of sp³-hybridized carbons (Fsp3) is 0.524. The van der Waals surface area contributed by atoms with E-state index in [1.807, 2.05) is 56.5 Å². The van der Waals surface area contributed by atoms with Crippen molar-refractivity contribution in [3.8, 4) is 5.75 Å². The highest BCUT2D eigenvalue weighted by Crippen LogP contribution is 2.32. The van der Waals surface area contributed by atoms with Gasteiger partial charge in [-0.1, -0.05) is 12.1 Å². The highest BCUT2D eigenvalue weighted by Gasteiger charge is 2.38. The molecule has 3 rings (SSSR count). The highest BCUT2D eigenvalue weighted by molar-refractivity contribution is 5.66. The second-order valence-corrected chi connectivity index (χ2v) is 7.88. The molecule has 1 aliphatic heterocycles. The molecule has 0 aliphatic carbocycles. The largest absolute Gasteiger partial charge is 0.491 e. The van der Waals surface area contributed by atoms with E-state index in [0.29, 0.717) is 31.8 Å². The Kier molecular flexibility index (Phi) is 6.87. The maximum Gasteiger partial charge on any atom is 0.155 e. The molecular formula is C21H30FN5O2. The monoisotopic (exact) mass is 403 g/mol. The Morgan fingerprint density at radius 1 is 1.24 bits per heavy atom. The summed E-state index contributed by atoms with van der Waals surface area (Å²) < 4.78 is 17.5. The van der Waals surface area contributed by atoms with Crippen molar-refractivity contribution in [1.82, 2.24) is 14.9 Å². The number of rotatable bonds is 9. The number of ether oxygens (including phenoxy) is 1. The van der Waals surface area contributed by atoms with Crippen molar-refractivity contribution >= 4 is 11.5 Å². The van der Waals surface area contributed by atoms with Crippen LogP contribution in [0.25, 0.3) is 0 Å². The standard InChI is InChI=1S/C21H30FN5O2/c1-25(2)20-19(12-23-16-24-20)27-10-8-21(28,15-27)14-26(3)13-17-4-6-18(7-5-17)29-11-9-22/h4-7,12,16,28H,8-11,13-15H2,1-3H3. The molecule has 1 aliphatic rings. The summed E-state index contributed by atoms with van der Waals surface area (Å²) in [6.45, 7) is 2.16. The zero-order chi connectivity index (χ0) is 20.9. The number of aromatic nitrogens is 2. The topological polar surface area (TPSA) is 65.0 Å². The van der Waals surface area contributed by atoms with E-state index in [1.165, 1.54) is 0 Å². The quantitative estimate of drug-likeness (QED) is 0.687. The number of anilines is 2. The number of hydrogen-bond acceptors (Lipinski definition) is 7. The molecule has 29 heavy (non-hydrogen) atoms. The van der Waals surface area contributed by atoms with Gasteiger partial charge < -0.3 is 19.6 Å². The van der Waals surface area contributed by atoms with E-state index in [9.17, 15) is 9.50 Å². The predicted octanol–water partition coefficient (Wildman–Crippen LogP) is 1.96. The molecule has 158 valence electrons. The fourth-order valence-corrected chi connectivity index (χ4v) is 3.79. The number of nitrogens with zero attached hydrogens (tertiary/aromatic N) is 5. The minimum absolute atomic E-state index is 0.0742. The second kappa shape index (κ2) is 9.37. The third-order valence-electron chi connectivity index (χ3n) is 5.06. The van der Waals surface area contributed by atoms with Crippen molar-refractivity contribution in [1.29, 1.82) is 0 Å². The van der Waals surface area contributed by atoms with Crippen molar-refractivity contribution in [2.75, 3.05) is 63.9 Å². The van der Waals surface area contributed by atoms with Gasteiger partial charge in [-0.3, -0.25) is 4.90 Å². The highest BCUT2D eigenvalue weighted by atomic mass is 19.1. The van der Waals surface area contributed by atoms with Crippen LogP contribution in [0, 0.1) is 0 Å². The van der Waals surface area contributed by atoms with Gasteiger partial charge in [0.05, 0.1) is 17.5 Å². The van der Waals surface area contributed by atoms with E-state index in [-0.39, 0.29) is 6.61 Å². The van der Waals surface area contributed by atoms with E-state index >= 15 is 0 Å². The Morgan fingerprint density at radius 2 is 2.00 bits per heavy atom. The van der Waals surface area contributed by atoms with E-state index in [4.69, 9.17) is 4.74 Å². The van der Waals surface area contributed by atoms with Crippen LogP contribution in [0.1, 0.15) is 12.0 Å². The van der Waals surface area contributed by atoms with Gasteiger partial charge in [-0.05, 0) is 31.2 Å². The molecule has 0 saturated carbocycles. The van der Waals surface area contributed by atoms with Gasteiger partial charge >= 0.3 is 0 Å². The van der Waals surface area contributed by atoms with Gasteiger partial charge in [0.15, 0.2) is 5.82 Å². The Hall–Kier alpha value is -2.45. The van der Waals surface area contributed by atoms with Gasteiger partial charge in [0.2, 0.25) is 0 Å². The number of aliphatic hydroxyl groups is 1. The summed E-state index contributed by atoms with van der Waals surface area (Å²) >= 11 is 0. The van der Waals surface area contributed by atoms with Gasteiger partial charge in [0, 0.05) is 40.3 Å². The van der Waals surface area contributed by atoms with E-state index in [2.05, 4.69) is 19.8 Å². The molecule has 1 unspecified atom stereocenters. The van der Waals surface area contributed by atoms with Crippen molar-refractivity contribution in [3.05, 3.63) is 42.4 Å². The van der Waals surface area contributed by atoms with Crippen LogP contribution in [-0.2, 0) is 6.54 Å². The normalized spacial score (nSPS) is 19.0. The van der Waals surface area contributed by atoms with Gasteiger partial charge in [-0.2, -0.15) is 0 Å². The molecule has 1 N–H and O–H groups in total. The first-order valence-corrected chi connectivity index (χ1v) is 9.81. The lowest BCUT2D eigenvalue weighted by molar-refractivity contribution is 0.0280. The first-order chi connectivity index (χ1) is 13.9. The fourth-order valence-electron chi connectivity index (χ4n) is 3.79. The molecule has 1 aromatic heterocycles. The van der Waals surface area contributed by atoms with Crippen LogP contribution in [0.2, 0.25) is 0 Å². The molecule has 1 atom stereocenters. The average Bonchev–Trinajstić information content (AvgIpc) is 3.08. The van der Waals surface area contributed by atoms with Crippen molar-refractivity contribution in [2.24, 2.45) is 0 Å². The van der Waals surface area contributed by atoms with E-state index < -0.39 is 12.3 Å². The maximum absolute atomic E-state index is 12.2. The van der Waals surface area contributed by atoms with Gasteiger partial charge in [0.1, 0.15) is 25.4 Å². The molecule has 0 radical (unpaired) electrons. The van der Waals surface area contributed by atoms with E-state index in [0.717, 1.165) is 23.6 Å². The Bertz CT molecular complexity index is 789. The first kappa shape index (κ1) is 21.3. The maximum atomic E-state index is 12.2. The zero-order valence-electron chi connectivity index (χ0n) is 17.4. The number of benzene rings is 1. The van der Waals surface area contributed by atoms with Crippen molar-refractivity contribution < 1.29 is 14.2 Å². The van der Waals surface area contributed by atoms with Crippen LogP contribution in [0.3, 0.4) is 0 Å². The number of β-amino-alcohol motifs (C(OH)–C–C–N with tert-alkyl or cyclic N) is 1. The van der Waals surface area contributed by atoms with Crippen molar-refractivity contribution in [2.45, 2.75) is 18.6 Å². The van der Waals surface area contributed by atoms with Crippen molar-refractivity contribution in [3.63, 3.8) is 0 Å². The molecule has 7 nitrogen and oxygen atoms in total. The summed E-state index contributed by atoms with van der Waals surface area (Å²) in [6.07, 6.45) is 4.04. The number of halogens is 1. The zero-order valence-corrected chi connectivity index (χ0v) is 17.4. The summed E-state index contributed by atoms with van der Waals surface area (Å²) in [5.74, 6) is 1.52. The van der Waals surface area contributed by atoms with Gasteiger partial charge in [-0.25, -0.2) is 14.4 Å². The Balaban J connectivity index is 1.57. The third kappa shape index (κ3) is 5.55. The Labute approximate surface area is 171 Å². The average molecular weight is 404 g/mol. The van der Waals surface area contributed by atoms with E-state index in [1.54, 1.807) is 6.33 Å². The van der Waals surface area contributed by atoms with Crippen LogP contribution in [0.15, 0.2) is 36.8 Å². The first-order valence-electron chi connectivity index (χ1n) is 9.81. The molecule has 0 spiro atoms. The summed E-state index contributed by atoms with van der Waals surface area (Å²) in [7, 11) is 5.91. The summed E-state index contributed by atoms with van der Waals surface area (Å²) in [5, 5.41) is 11.1. The molecule has 1 aromatic carbocycles. The molecule has 1 saturated heterocycles. The smallest absolute Gasteiger partial charge is 0.155 e. The van der Waals surface area contributed by atoms with Crippen LogP contribution in [-0.4, -0.2) is 79.6 Å². The van der Waals surface area contributed by atoms with Gasteiger partial charge in [-0.15, -0.1) is 0 Å². The lowest BCUT2D eigenvalue weighted by Crippen LogP contribution is -2.43. The molecular weight excluding hydrogens is 373 g/mol. The summed E-state index contributed by atoms with van der Waals surface area (Å²) in [5.41, 5.74) is 1.27. The lowest BCUT2D eigenvalue weighted by Gasteiger charge is -2.30. The second-order valence-electron chi connectivity index (χ2n) is 7.88. The number of hydrogen-bond donors (Lipinski definition) is 1. The van der Waals surface area contributed by atoms with Crippen LogP contribution >= 0.6 is 0 Å². The Morgan fingerprint density at radius 3 is 2.69 bits per heavy atom. The van der Waals surface area contributed by atoms with Crippen LogP contribution < -0.4 is 14.5 Å². The molecule has 2 aromatic rings. The molecule has 2 heterocycles. The SMILES string of the molecule is CN(Cc1ccc(OCCF)cc1)CC1(O)CCN(c2cncnc2N(C)C)C1. The van der Waals surface area contributed by atoms with Crippen LogP contribution in [0.4, 0.5) is 15.9 Å². The van der Waals surface area contributed by atoms with Crippen LogP contribution in [0.5, 0.6) is 5.75 Å². The minimum Gasteiger partial charge on any atom is -0.491 e. The number of alkyl halides is 1. The molecule has 8 heteroatoms. The van der Waals surface area contributed by atoms with Gasteiger partial charge in [0.25, 0.3) is 0 Å². The molecule has 0 bridgehead atoms. The summed E-state index contributed by atoms with van der Waals surface area (Å²) in [4.78, 5) is 14.8. The summed E-state index contributed by atoms with van der Waals surface area (Å²) in [6, 6.07) is 7.64. The lowest BCUT2D eigenvalue weighted by atomic mass is 10.0. The minimum atomic E-state index is -0.793. The predicted molar refractivity (Wildman–Crippen MR) is 112 cm³/mol. The molecule has 1 fully saturated rings.